The number of benzene rings is 3. The Morgan fingerprint density at radius 3 is 2.08 bits per heavy atom. The average molecular weight is 529 g/mol. The van der Waals surface area contributed by atoms with Crippen molar-refractivity contribution in [3.8, 4) is 0 Å². The van der Waals surface area contributed by atoms with Gasteiger partial charge in [-0.1, -0.05) is 0 Å². The van der Waals surface area contributed by atoms with E-state index < -0.39 is 52.6 Å². The molecule has 0 aliphatic carbocycles. The molecule has 1 heterocycles. The summed E-state index contributed by atoms with van der Waals surface area (Å²) in [6.45, 7) is 2.58. The number of anilines is 3. The zero-order valence-corrected chi connectivity index (χ0v) is 20.7. The lowest BCUT2D eigenvalue weighted by Gasteiger charge is -2.30. The normalized spacial score (nSPS) is 15.6. The van der Waals surface area contributed by atoms with E-state index in [1.807, 2.05) is 0 Å². The summed E-state index contributed by atoms with van der Waals surface area (Å²) in [7, 11) is 1.39. The number of carbonyl (C=O) groups is 3. The third kappa shape index (κ3) is 5.46. The molecule has 3 amide bonds. The fraction of sp³-hybridized carbons (Fsp3) is 0.222. The van der Waals surface area contributed by atoms with E-state index in [0.717, 1.165) is 41.3 Å². The highest BCUT2D eigenvalue weighted by atomic mass is 19.1. The van der Waals surface area contributed by atoms with Crippen molar-refractivity contribution < 1.29 is 31.9 Å². The molecule has 0 unspecified atom stereocenters. The first-order chi connectivity index (χ1) is 17.9. The van der Waals surface area contributed by atoms with Crippen molar-refractivity contribution in [2.75, 3.05) is 23.4 Å². The topological polar surface area (TPSA) is 81.8 Å². The van der Waals surface area contributed by atoms with Crippen LogP contribution in [0.15, 0.2) is 60.7 Å². The van der Waals surface area contributed by atoms with Gasteiger partial charge in [-0.15, -0.1) is 0 Å². The molecular formula is C27H24F4N4O3. The molecule has 38 heavy (non-hydrogen) atoms. The van der Waals surface area contributed by atoms with E-state index in [1.54, 1.807) is 0 Å². The first kappa shape index (κ1) is 26.6. The second-order valence-corrected chi connectivity index (χ2v) is 9.38. The molecule has 7 nitrogen and oxygen atoms in total. The van der Waals surface area contributed by atoms with Crippen LogP contribution in [0.5, 0.6) is 0 Å². The predicted octanol–water partition coefficient (Wildman–Crippen LogP) is 4.05. The van der Waals surface area contributed by atoms with E-state index in [2.05, 4.69) is 10.6 Å². The first-order valence-corrected chi connectivity index (χ1v) is 11.6. The highest BCUT2D eigenvalue weighted by Crippen LogP contribution is 2.38. The maximum Gasteiger partial charge on any atom is 0.252 e. The molecule has 0 radical (unpaired) electrons. The minimum Gasteiger partial charge on any atom is -0.341 e. The van der Waals surface area contributed by atoms with Gasteiger partial charge in [-0.05, 0) is 68.4 Å². The number of hydrogen-bond acceptors (Lipinski definition) is 4. The number of likely N-dealkylation sites (N-methyl/N-ethyl adjacent to an activating group) is 1. The van der Waals surface area contributed by atoms with Crippen LogP contribution in [0.3, 0.4) is 0 Å². The van der Waals surface area contributed by atoms with Crippen molar-refractivity contribution in [1.82, 2.24) is 10.6 Å². The van der Waals surface area contributed by atoms with Crippen LogP contribution >= 0.6 is 0 Å². The van der Waals surface area contributed by atoms with E-state index >= 15 is 0 Å². The molecule has 0 spiro atoms. The fourth-order valence-electron chi connectivity index (χ4n) is 4.10. The SMILES string of the molecule is CN1C(=O)[C@H](NC(=O)C(C)(C)NC(=O)c2ccc(F)cc2)CN(c2cc(F)cc(F)c2)c2ccc(F)cc21. The van der Waals surface area contributed by atoms with Gasteiger partial charge < -0.3 is 20.4 Å². The van der Waals surface area contributed by atoms with Crippen LogP contribution in [0.2, 0.25) is 0 Å². The van der Waals surface area contributed by atoms with E-state index in [-0.39, 0.29) is 29.2 Å². The quantitative estimate of drug-likeness (QED) is 0.490. The monoisotopic (exact) mass is 528 g/mol. The number of amides is 3. The first-order valence-electron chi connectivity index (χ1n) is 11.6. The maximum atomic E-state index is 14.1. The number of rotatable bonds is 5. The van der Waals surface area contributed by atoms with Crippen molar-refractivity contribution in [2.45, 2.75) is 25.4 Å². The lowest BCUT2D eigenvalue weighted by Crippen LogP contribution is -2.60. The Bertz CT molecular complexity index is 1390. The lowest BCUT2D eigenvalue weighted by molar-refractivity contribution is -0.130. The van der Waals surface area contributed by atoms with E-state index in [4.69, 9.17) is 0 Å². The molecule has 3 aromatic rings. The summed E-state index contributed by atoms with van der Waals surface area (Å²) in [6, 6.07) is 9.89. The Morgan fingerprint density at radius 1 is 0.842 bits per heavy atom. The molecule has 2 N–H and O–H groups in total. The summed E-state index contributed by atoms with van der Waals surface area (Å²) in [4.78, 5) is 41.8. The van der Waals surface area contributed by atoms with Crippen molar-refractivity contribution >= 4 is 34.8 Å². The van der Waals surface area contributed by atoms with E-state index in [0.29, 0.717) is 6.07 Å². The Kier molecular flexibility index (Phi) is 7.12. The largest absolute Gasteiger partial charge is 0.341 e. The van der Waals surface area contributed by atoms with Crippen molar-refractivity contribution in [1.29, 1.82) is 0 Å². The zero-order chi connectivity index (χ0) is 27.8. The second-order valence-electron chi connectivity index (χ2n) is 9.38. The van der Waals surface area contributed by atoms with Gasteiger partial charge in [-0.2, -0.15) is 0 Å². The number of nitrogens with zero attached hydrogens (tertiary/aromatic N) is 2. The summed E-state index contributed by atoms with van der Waals surface area (Å²) < 4.78 is 55.5. The highest BCUT2D eigenvalue weighted by molar-refractivity contribution is 6.05. The molecular weight excluding hydrogens is 504 g/mol. The lowest BCUT2D eigenvalue weighted by atomic mass is 10.0. The molecule has 0 saturated heterocycles. The van der Waals surface area contributed by atoms with Gasteiger partial charge in [0.15, 0.2) is 0 Å². The number of hydrogen-bond donors (Lipinski definition) is 2. The van der Waals surface area contributed by atoms with Crippen LogP contribution in [0.4, 0.5) is 34.6 Å². The van der Waals surface area contributed by atoms with Crippen LogP contribution in [-0.4, -0.2) is 42.9 Å². The van der Waals surface area contributed by atoms with Crippen LogP contribution in [-0.2, 0) is 9.59 Å². The summed E-state index contributed by atoms with van der Waals surface area (Å²) in [5, 5.41) is 5.14. The fourth-order valence-corrected chi connectivity index (χ4v) is 4.10. The van der Waals surface area contributed by atoms with Gasteiger partial charge in [0.25, 0.3) is 11.8 Å². The molecule has 3 aromatic carbocycles. The Labute approximate surface area is 216 Å². The average Bonchev–Trinajstić information content (AvgIpc) is 2.94. The molecule has 1 atom stereocenters. The van der Waals surface area contributed by atoms with Crippen LogP contribution < -0.4 is 20.4 Å². The van der Waals surface area contributed by atoms with Crippen molar-refractivity contribution in [3.63, 3.8) is 0 Å². The van der Waals surface area contributed by atoms with Crippen LogP contribution in [0, 0.1) is 23.3 Å². The van der Waals surface area contributed by atoms with Crippen molar-refractivity contribution in [3.05, 3.63) is 89.5 Å². The third-order valence-corrected chi connectivity index (χ3v) is 6.15. The molecule has 198 valence electrons. The molecule has 11 heteroatoms. The van der Waals surface area contributed by atoms with Gasteiger partial charge in [-0.25, -0.2) is 17.6 Å². The van der Waals surface area contributed by atoms with Crippen molar-refractivity contribution in [2.24, 2.45) is 0 Å². The molecule has 1 aliphatic heterocycles. The predicted molar refractivity (Wildman–Crippen MR) is 133 cm³/mol. The minimum absolute atomic E-state index is 0.0431. The number of halogens is 4. The van der Waals surface area contributed by atoms with Crippen LogP contribution in [0.1, 0.15) is 24.2 Å². The summed E-state index contributed by atoms with van der Waals surface area (Å²) in [6.07, 6.45) is 0. The Hall–Kier alpha value is -4.41. The van der Waals surface area contributed by atoms with E-state index in [9.17, 15) is 31.9 Å². The van der Waals surface area contributed by atoms with Gasteiger partial charge in [0, 0.05) is 24.4 Å². The molecule has 1 aliphatic rings. The second kappa shape index (κ2) is 10.2. The van der Waals surface area contributed by atoms with Crippen LogP contribution in [0.25, 0.3) is 0 Å². The maximum absolute atomic E-state index is 14.1. The minimum atomic E-state index is -1.52. The molecule has 0 aromatic heterocycles. The Balaban J connectivity index is 1.64. The zero-order valence-electron chi connectivity index (χ0n) is 20.7. The standard InChI is InChI=1S/C27H24F4N4O3/c1-27(2,33-24(36)15-4-6-16(28)7-5-15)26(38)32-21-14-35(20-11-18(30)10-19(31)12-20)22-9-8-17(29)13-23(22)34(3)25(21)37/h4-13,21H,14H2,1-3H3,(H,32,38)(H,33,36)/t21-/m1/s1. The van der Waals surface area contributed by atoms with Gasteiger partial charge in [0.05, 0.1) is 17.9 Å². The van der Waals surface area contributed by atoms with Gasteiger partial charge >= 0.3 is 0 Å². The summed E-state index contributed by atoms with van der Waals surface area (Å²) in [5.74, 6) is -4.89. The third-order valence-electron chi connectivity index (χ3n) is 6.15. The van der Waals surface area contributed by atoms with E-state index in [1.165, 1.54) is 44.0 Å². The number of nitrogens with one attached hydrogen (secondary N) is 2. The molecule has 0 saturated carbocycles. The summed E-state index contributed by atoms with van der Waals surface area (Å²) in [5.41, 5.74) is -0.949. The molecule has 0 bridgehead atoms. The summed E-state index contributed by atoms with van der Waals surface area (Å²) >= 11 is 0. The molecule has 0 fully saturated rings. The molecule has 4 rings (SSSR count). The van der Waals surface area contributed by atoms with Gasteiger partial charge in [0.1, 0.15) is 34.8 Å². The highest BCUT2D eigenvalue weighted by Gasteiger charge is 2.38. The van der Waals surface area contributed by atoms with Gasteiger partial charge in [-0.3, -0.25) is 14.4 Å². The number of carbonyl (C=O) groups excluding carboxylic acids is 3. The Morgan fingerprint density at radius 2 is 1.45 bits per heavy atom. The van der Waals surface area contributed by atoms with Gasteiger partial charge in [0.2, 0.25) is 5.91 Å². The smallest absolute Gasteiger partial charge is 0.252 e. The number of fused-ring (bicyclic) bond motifs is 1.